The maximum absolute atomic E-state index is 11.8. The molecule has 4 nitrogen and oxygen atoms in total. The van der Waals surface area contributed by atoms with Gasteiger partial charge in [-0.2, -0.15) is 0 Å². The van der Waals surface area contributed by atoms with Crippen LogP contribution in [0.1, 0.15) is 46.0 Å². The van der Waals surface area contributed by atoms with E-state index >= 15 is 0 Å². The molecule has 0 radical (unpaired) electrons. The van der Waals surface area contributed by atoms with Gasteiger partial charge in [0.15, 0.2) is 0 Å². The van der Waals surface area contributed by atoms with E-state index in [4.69, 9.17) is 4.74 Å². The maximum Gasteiger partial charge on any atom is 0.220 e. The number of ether oxygens (including phenoxy) is 1. The van der Waals surface area contributed by atoms with Gasteiger partial charge in [0.25, 0.3) is 0 Å². The molecule has 0 aliphatic heterocycles. The van der Waals surface area contributed by atoms with Crippen molar-refractivity contribution in [2.75, 3.05) is 20.3 Å². The van der Waals surface area contributed by atoms with Gasteiger partial charge in [-0.05, 0) is 30.6 Å². The highest BCUT2D eigenvalue weighted by atomic mass is 16.5. The normalized spacial score (nSPS) is 24.6. The Morgan fingerprint density at radius 2 is 2.28 bits per heavy atom. The van der Waals surface area contributed by atoms with E-state index in [1.807, 2.05) is 0 Å². The largest absolute Gasteiger partial charge is 0.389 e. The topological polar surface area (TPSA) is 58.6 Å². The van der Waals surface area contributed by atoms with Gasteiger partial charge in [-0.1, -0.05) is 20.3 Å². The Hall–Kier alpha value is -0.610. The molecule has 1 amide bonds. The van der Waals surface area contributed by atoms with Crippen LogP contribution in [0.2, 0.25) is 0 Å². The zero-order valence-electron chi connectivity index (χ0n) is 11.9. The van der Waals surface area contributed by atoms with Gasteiger partial charge < -0.3 is 15.2 Å². The van der Waals surface area contributed by atoms with Crippen molar-refractivity contribution in [3.63, 3.8) is 0 Å². The molecule has 0 heterocycles. The minimum absolute atomic E-state index is 0.0489. The van der Waals surface area contributed by atoms with E-state index in [9.17, 15) is 9.90 Å². The Morgan fingerprint density at radius 1 is 1.56 bits per heavy atom. The molecule has 0 bridgehead atoms. The van der Waals surface area contributed by atoms with E-state index in [1.165, 1.54) is 20.0 Å². The van der Waals surface area contributed by atoms with Gasteiger partial charge in [-0.15, -0.1) is 0 Å². The standard InChI is InChI=1S/C14H27NO3/c1-14(2)6-4-5-11(8-14)7-13(17)15-9-12(16)10-18-3/h11-12,16H,4-10H2,1-3H3,(H,15,17). The number of hydrogen-bond donors (Lipinski definition) is 2. The number of carbonyl (C=O) groups is 1. The van der Waals surface area contributed by atoms with Crippen LogP contribution >= 0.6 is 0 Å². The first-order chi connectivity index (χ1) is 8.43. The fraction of sp³-hybridized carbons (Fsp3) is 0.929. The molecule has 4 heteroatoms. The number of carbonyl (C=O) groups excluding carboxylic acids is 1. The number of hydrogen-bond acceptors (Lipinski definition) is 3. The SMILES string of the molecule is COCC(O)CNC(=O)CC1CCCC(C)(C)C1. The summed E-state index contributed by atoms with van der Waals surface area (Å²) < 4.78 is 4.81. The van der Waals surface area contributed by atoms with Crippen molar-refractivity contribution < 1.29 is 14.6 Å². The molecule has 1 rings (SSSR count). The molecule has 0 saturated heterocycles. The third-order valence-electron chi connectivity index (χ3n) is 3.68. The van der Waals surface area contributed by atoms with E-state index in [0.717, 1.165) is 12.8 Å². The highest BCUT2D eigenvalue weighted by Gasteiger charge is 2.29. The third-order valence-corrected chi connectivity index (χ3v) is 3.68. The van der Waals surface area contributed by atoms with Crippen LogP contribution in [0, 0.1) is 11.3 Å². The number of amides is 1. The summed E-state index contributed by atoms with van der Waals surface area (Å²) in [5, 5.41) is 12.2. The molecule has 2 unspecified atom stereocenters. The van der Waals surface area contributed by atoms with E-state index < -0.39 is 6.10 Å². The Labute approximate surface area is 110 Å². The molecule has 1 fully saturated rings. The Bertz CT molecular complexity index is 266. The number of aliphatic hydroxyl groups excluding tert-OH is 1. The van der Waals surface area contributed by atoms with Crippen LogP contribution in [-0.4, -0.2) is 37.4 Å². The summed E-state index contributed by atoms with van der Waals surface area (Å²) in [6.07, 6.45) is 4.73. The number of nitrogens with one attached hydrogen (secondary N) is 1. The van der Waals surface area contributed by atoms with Crippen molar-refractivity contribution in [2.24, 2.45) is 11.3 Å². The summed E-state index contributed by atoms with van der Waals surface area (Å²) in [7, 11) is 1.54. The molecule has 106 valence electrons. The smallest absolute Gasteiger partial charge is 0.220 e. The molecular formula is C14H27NO3. The summed E-state index contributed by atoms with van der Waals surface area (Å²) >= 11 is 0. The predicted molar refractivity (Wildman–Crippen MR) is 71.2 cm³/mol. The summed E-state index contributed by atoms with van der Waals surface area (Å²) in [5.74, 6) is 0.543. The van der Waals surface area contributed by atoms with Crippen molar-refractivity contribution in [3.05, 3.63) is 0 Å². The zero-order chi connectivity index (χ0) is 13.6. The average Bonchev–Trinajstić information content (AvgIpc) is 2.25. The minimum Gasteiger partial charge on any atom is -0.389 e. The Morgan fingerprint density at radius 3 is 2.89 bits per heavy atom. The molecule has 2 N–H and O–H groups in total. The summed E-state index contributed by atoms with van der Waals surface area (Å²) in [6.45, 7) is 5.10. The van der Waals surface area contributed by atoms with Gasteiger partial charge in [-0.3, -0.25) is 4.79 Å². The van der Waals surface area contributed by atoms with Crippen molar-refractivity contribution >= 4 is 5.91 Å². The molecule has 1 aliphatic carbocycles. The third kappa shape index (κ3) is 5.83. The molecule has 18 heavy (non-hydrogen) atoms. The first-order valence-corrected chi connectivity index (χ1v) is 6.86. The molecule has 1 saturated carbocycles. The minimum atomic E-state index is -0.609. The Balaban J connectivity index is 2.23. The lowest BCUT2D eigenvalue weighted by Crippen LogP contribution is -2.36. The molecule has 0 aromatic carbocycles. The van der Waals surface area contributed by atoms with Crippen molar-refractivity contribution in [1.82, 2.24) is 5.32 Å². The quantitative estimate of drug-likeness (QED) is 0.761. The van der Waals surface area contributed by atoms with Crippen LogP contribution in [0.4, 0.5) is 0 Å². The van der Waals surface area contributed by atoms with Gasteiger partial charge in [0.05, 0.1) is 12.7 Å². The lowest BCUT2D eigenvalue weighted by atomic mass is 9.71. The van der Waals surface area contributed by atoms with Crippen LogP contribution in [0.3, 0.4) is 0 Å². The average molecular weight is 257 g/mol. The number of rotatable bonds is 6. The summed E-state index contributed by atoms with van der Waals surface area (Å²) in [4.78, 5) is 11.8. The predicted octanol–water partition coefficient (Wildman–Crippen LogP) is 1.72. The molecule has 0 aromatic heterocycles. The van der Waals surface area contributed by atoms with E-state index in [2.05, 4.69) is 19.2 Å². The van der Waals surface area contributed by atoms with Crippen molar-refractivity contribution in [1.29, 1.82) is 0 Å². The zero-order valence-corrected chi connectivity index (χ0v) is 11.9. The van der Waals surface area contributed by atoms with Crippen molar-refractivity contribution in [2.45, 2.75) is 52.1 Å². The van der Waals surface area contributed by atoms with Gasteiger partial charge in [0, 0.05) is 20.1 Å². The molecule has 1 aliphatic rings. The second-order valence-corrected chi connectivity index (χ2v) is 6.24. The van der Waals surface area contributed by atoms with Crippen LogP contribution < -0.4 is 5.32 Å². The van der Waals surface area contributed by atoms with Crippen LogP contribution in [0.15, 0.2) is 0 Å². The summed E-state index contributed by atoms with van der Waals surface area (Å²) in [6, 6.07) is 0. The second-order valence-electron chi connectivity index (χ2n) is 6.24. The molecular weight excluding hydrogens is 230 g/mol. The highest BCUT2D eigenvalue weighted by molar-refractivity contribution is 5.76. The first-order valence-electron chi connectivity index (χ1n) is 6.86. The maximum atomic E-state index is 11.8. The van der Waals surface area contributed by atoms with E-state index in [1.54, 1.807) is 0 Å². The molecule has 0 spiro atoms. The fourth-order valence-electron chi connectivity index (χ4n) is 2.85. The van der Waals surface area contributed by atoms with Crippen LogP contribution in [-0.2, 0) is 9.53 Å². The second kappa shape index (κ2) is 7.10. The molecule has 2 atom stereocenters. The first kappa shape index (κ1) is 15.4. The van der Waals surface area contributed by atoms with Crippen LogP contribution in [0.5, 0.6) is 0 Å². The van der Waals surface area contributed by atoms with Crippen LogP contribution in [0.25, 0.3) is 0 Å². The van der Waals surface area contributed by atoms with E-state index in [0.29, 0.717) is 17.8 Å². The lowest BCUT2D eigenvalue weighted by molar-refractivity contribution is -0.123. The van der Waals surface area contributed by atoms with Crippen molar-refractivity contribution in [3.8, 4) is 0 Å². The Kier molecular flexibility index (Phi) is 6.09. The van der Waals surface area contributed by atoms with Gasteiger partial charge in [0.1, 0.15) is 0 Å². The van der Waals surface area contributed by atoms with E-state index in [-0.39, 0.29) is 19.1 Å². The molecule has 0 aromatic rings. The number of methoxy groups -OCH3 is 1. The monoisotopic (exact) mass is 257 g/mol. The lowest BCUT2D eigenvalue weighted by Gasteiger charge is -2.35. The van der Waals surface area contributed by atoms with Gasteiger partial charge >= 0.3 is 0 Å². The van der Waals surface area contributed by atoms with Gasteiger partial charge in [0.2, 0.25) is 5.91 Å². The summed E-state index contributed by atoms with van der Waals surface area (Å²) in [5.41, 5.74) is 0.374. The fourth-order valence-corrected chi connectivity index (χ4v) is 2.85. The van der Waals surface area contributed by atoms with Gasteiger partial charge in [-0.25, -0.2) is 0 Å². The highest BCUT2D eigenvalue weighted by Crippen LogP contribution is 2.39. The number of aliphatic hydroxyl groups is 1.